The number of anilines is 1. The molecule has 38 heavy (non-hydrogen) atoms. The molecule has 1 unspecified atom stereocenters. The van der Waals surface area contributed by atoms with Gasteiger partial charge in [-0.25, -0.2) is 24.5 Å². The lowest BCUT2D eigenvalue weighted by atomic mass is 9.77. The van der Waals surface area contributed by atoms with E-state index in [-0.39, 0.29) is 11.5 Å². The molecule has 1 spiro atoms. The fraction of sp³-hybridized carbons (Fsp3) is 0.500. The molecule has 0 saturated carbocycles. The minimum atomic E-state index is -5.08. The van der Waals surface area contributed by atoms with E-state index in [1.54, 1.807) is 18.6 Å². The molecule has 10 nitrogen and oxygen atoms in total. The van der Waals surface area contributed by atoms with Crippen LogP contribution in [0.25, 0.3) is 0 Å². The fourth-order valence-electron chi connectivity index (χ4n) is 3.60. The third-order valence-electron chi connectivity index (χ3n) is 5.48. The smallest absolute Gasteiger partial charge is 0.475 e. The zero-order valence-electron chi connectivity index (χ0n) is 19.7. The summed E-state index contributed by atoms with van der Waals surface area (Å²) in [5, 5.41) is 14.2. The Kier molecular flexibility index (Phi) is 10.6. The van der Waals surface area contributed by atoms with Crippen molar-refractivity contribution < 1.29 is 55.6 Å². The van der Waals surface area contributed by atoms with E-state index in [1.807, 2.05) is 24.3 Å². The molecule has 2 aliphatic rings. The summed E-state index contributed by atoms with van der Waals surface area (Å²) < 4.78 is 75.2. The Bertz CT molecular complexity index is 994. The quantitative estimate of drug-likeness (QED) is 0.540. The van der Waals surface area contributed by atoms with Crippen LogP contribution in [0, 0.1) is 5.41 Å². The molecule has 0 amide bonds. The average molecular weight is 554 g/mol. The van der Waals surface area contributed by atoms with E-state index in [9.17, 15) is 26.3 Å². The number of carboxylic acids is 2. The average Bonchev–Trinajstić information content (AvgIpc) is 3.26. The number of aliphatic carboxylic acids is 2. The van der Waals surface area contributed by atoms with Crippen LogP contribution < -0.4 is 9.64 Å². The highest BCUT2D eigenvalue weighted by atomic mass is 19.4. The molecule has 2 fully saturated rings. The van der Waals surface area contributed by atoms with Gasteiger partial charge in [-0.05, 0) is 36.8 Å². The van der Waals surface area contributed by atoms with Gasteiger partial charge in [0.1, 0.15) is 6.61 Å². The van der Waals surface area contributed by atoms with E-state index in [0.29, 0.717) is 12.5 Å². The van der Waals surface area contributed by atoms with Gasteiger partial charge in [-0.1, -0.05) is 6.07 Å². The van der Waals surface area contributed by atoms with Crippen LogP contribution in [0.2, 0.25) is 0 Å². The van der Waals surface area contributed by atoms with Crippen molar-refractivity contribution in [1.29, 1.82) is 0 Å². The molecule has 2 aromatic rings. The summed E-state index contributed by atoms with van der Waals surface area (Å²) >= 11 is 0. The predicted octanol–water partition coefficient (Wildman–Crippen LogP) is 3.59. The second kappa shape index (κ2) is 13.2. The van der Waals surface area contributed by atoms with Crippen LogP contribution in [0.3, 0.4) is 0 Å². The van der Waals surface area contributed by atoms with Crippen molar-refractivity contribution in [2.75, 3.05) is 31.2 Å². The fourth-order valence-corrected chi connectivity index (χ4v) is 3.60. The number of piperidine rings is 1. The first-order valence-electron chi connectivity index (χ1n) is 11.0. The van der Waals surface area contributed by atoms with Crippen LogP contribution in [0.15, 0.2) is 42.9 Å². The number of carboxylic acid groups (broad SMARTS) is 2. The standard InChI is InChI=1S/C18H22N4O2.2C2HF3O2/c1-2-7-19-16(4-1)23-13-15-12-18(14-24-15)5-10-22(11-6-18)17-20-8-3-9-21-17;2*3-2(4,5)1(6)7/h1-4,7-9,15H,5-6,10-14H2;2*(H,6,7). The summed E-state index contributed by atoms with van der Waals surface area (Å²) in [5.41, 5.74) is 0.281. The van der Waals surface area contributed by atoms with Crippen LogP contribution >= 0.6 is 0 Å². The SMILES string of the molecule is O=C(O)C(F)(F)F.O=C(O)C(F)(F)F.c1ccc(OCC2CC3(CCN(c4ncccn4)CC3)CO2)nc1. The maximum Gasteiger partial charge on any atom is 0.490 e. The number of aromatic nitrogens is 3. The number of hydrogen-bond acceptors (Lipinski definition) is 8. The number of halogens is 6. The Morgan fingerprint density at radius 2 is 1.47 bits per heavy atom. The van der Waals surface area contributed by atoms with Gasteiger partial charge in [0.05, 0.1) is 12.7 Å². The molecule has 2 N–H and O–H groups in total. The number of ether oxygens (including phenoxy) is 2. The first kappa shape index (κ1) is 30.5. The monoisotopic (exact) mass is 554 g/mol. The van der Waals surface area contributed by atoms with Gasteiger partial charge in [-0.3, -0.25) is 0 Å². The molecule has 0 aliphatic carbocycles. The van der Waals surface area contributed by atoms with Crippen molar-refractivity contribution in [3.05, 3.63) is 42.9 Å². The van der Waals surface area contributed by atoms with Gasteiger partial charge in [-0.15, -0.1) is 0 Å². The van der Waals surface area contributed by atoms with E-state index in [0.717, 1.165) is 44.9 Å². The molecule has 210 valence electrons. The summed E-state index contributed by atoms with van der Waals surface area (Å²) in [6, 6.07) is 7.55. The largest absolute Gasteiger partial charge is 0.490 e. The summed E-state index contributed by atoms with van der Waals surface area (Å²) in [6.07, 6.45) is -1.37. The maximum absolute atomic E-state index is 10.6. The Labute approximate surface area is 212 Å². The number of alkyl halides is 6. The molecular weight excluding hydrogens is 530 g/mol. The van der Waals surface area contributed by atoms with Crippen molar-refractivity contribution in [2.45, 2.75) is 37.7 Å². The van der Waals surface area contributed by atoms with Crippen LogP contribution in [0.5, 0.6) is 5.88 Å². The normalized spacial score (nSPS) is 18.5. The van der Waals surface area contributed by atoms with E-state index in [2.05, 4.69) is 19.9 Å². The highest BCUT2D eigenvalue weighted by molar-refractivity contribution is 5.73. The number of rotatable bonds is 4. The second-order valence-corrected chi connectivity index (χ2v) is 8.26. The maximum atomic E-state index is 10.6. The van der Waals surface area contributed by atoms with Crippen LogP contribution in [0.4, 0.5) is 32.3 Å². The molecular formula is C22H24F6N4O6. The molecule has 0 bridgehead atoms. The molecule has 1 atom stereocenters. The minimum absolute atomic E-state index is 0.159. The molecule has 4 rings (SSSR count). The third-order valence-corrected chi connectivity index (χ3v) is 5.48. The highest BCUT2D eigenvalue weighted by Gasteiger charge is 2.43. The first-order valence-corrected chi connectivity index (χ1v) is 11.0. The van der Waals surface area contributed by atoms with Crippen LogP contribution in [0.1, 0.15) is 19.3 Å². The molecule has 0 aromatic carbocycles. The van der Waals surface area contributed by atoms with Crippen molar-refractivity contribution in [2.24, 2.45) is 5.41 Å². The molecule has 2 saturated heterocycles. The summed E-state index contributed by atoms with van der Waals surface area (Å²) in [5.74, 6) is -4.01. The lowest BCUT2D eigenvalue weighted by molar-refractivity contribution is -0.193. The molecule has 2 aromatic heterocycles. The Morgan fingerprint density at radius 3 is 1.95 bits per heavy atom. The van der Waals surface area contributed by atoms with Gasteiger partial charge in [0.2, 0.25) is 11.8 Å². The van der Waals surface area contributed by atoms with E-state index < -0.39 is 24.3 Å². The number of nitrogens with zero attached hydrogens (tertiary/aromatic N) is 4. The highest BCUT2D eigenvalue weighted by Crippen LogP contribution is 2.42. The number of pyridine rings is 1. The Balaban J connectivity index is 0.000000301. The zero-order chi connectivity index (χ0) is 28.4. The van der Waals surface area contributed by atoms with Crippen molar-refractivity contribution in [1.82, 2.24) is 15.0 Å². The summed E-state index contributed by atoms with van der Waals surface area (Å²) in [6.45, 7) is 3.37. The Hall–Kier alpha value is -3.69. The second-order valence-electron chi connectivity index (χ2n) is 8.26. The Morgan fingerprint density at radius 1 is 0.947 bits per heavy atom. The first-order chi connectivity index (χ1) is 17.7. The summed E-state index contributed by atoms with van der Waals surface area (Å²) in [4.78, 5) is 33.0. The van der Waals surface area contributed by atoms with Gasteiger partial charge in [0.25, 0.3) is 0 Å². The van der Waals surface area contributed by atoms with Crippen molar-refractivity contribution in [3.8, 4) is 5.88 Å². The molecule has 0 radical (unpaired) electrons. The van der Waals surface area contributed by atoms with Crippen molar-refractivity contribution in [3.63, 3.8) is 0 Å². The molecule has 4 heterocycles. The van der Waals surface area contributed by atoms with Crippen molar-refractivity contribution >= 4 is 17.9 Å². The molecule has 16 heteroatoms. The van der Waals surface area contributed by atoms with Gasteiger partial charge in [0.15, 0.2) is 0 Å². The minimum Gasteiger partial charge on any atom is -0.475 e. The molecule has 2 aliphatic heterocycles. The lowest BCUT2D eigenvalue weighted by Crippen LogP contribution is -2.41. The van der Waals surface area contributed by atoms with Gasteiger partial charge >= 0.3 is 24.3 Å². The number of carbonyl (C=O) groups is 2. The van der Waals surface area contributed by atoms with Crippen LogP contribution in [-0.2, 0) is 14.3 Å². The predicted molar refractivity (Wildman–Crippen MR) is 117 cm³/mol. The van der Waals surface area contributed by atoms with E-state index in [4.69, 9.17) is 29.3 Å². The number of hydrogen-bond donors (Lipinski definition) is 2. The topological polar surface area (TPSA) is 135 Å². The van der Waals surface area contributed by atoms with Gasteiger partial charge < -0.3 is 24.6 Å². The lowest BCUT2D eigenvalue weighted by Gasteiger charge is -2.38. The zero-order valence-corrected chi connectivity index (χ0v) is 19.7. The third kappa shape index (κ3) is 9.99. The van der Waals surface area contributed by atoms with E-state index in [1.165, 1.54) is 0 Å². The van der Waals surface area contributed by atoms with Crippen LogP contribution in [-0.4, -0.2) is 81.9 Å². The van der Waals surface area contributed by atoms with Gasteiger partial charge in [0, 0.05) is 37.7 Å². The summed E-state index contributed by atoms with van der Waals surface area (Å²) in [7, 11) is 0. The van der Waals surface area contributed by atoms with Gasteiger partial charge in [-0.2, -0.15) is 26.3 Å². The van der Waals surface area contributed by atoms with E-state index >= 15 is 0 Å².